The van der Waals surface area contributed by atoms with Gasteiger partial charge < -0.3 is 19.6 Å². The zero-order valence-corrected chi connectivity index (χ0v) is 13.4. The second kappa shape index (κ2) is 8.45. The van der Waals surface area contributed by atoms with Crippen LogP contribution in [0, 0.1) is 0 Å². The summed E-state index contributed by atoms with van der Waals surface area (Å²) in [4.78, 5) is 29.4. The highest BCUT2D eigenvalue weighted by atomic mass is 16.5. The minimum Gasteiger partial charge on any atom is -0.389 e. The maximum absolute atomic E-state index is 12.2. The molecular weight excluding hydrogens is 286 g/mol. The monoisotopic (exact) mass is 313 g/mol. The van der Waals surface area contributed by atoms with E-state index in [2.05, 4.69) is 4.90 Å². The van der Waals surface area contributed by atoms with Crippen LogP contribution in [0.25, 0.3) is 0 Å². The smallest absolute Gasteiger partial charge is 0.242 e. The highest BCUT2D eigenvalue weighted by molar-refractivity contribution is 5.85. The van der Waals surface area contributed by atoms with Gasteiger partial charge in [0.05, 0.1) is 19.3 Å². The molecule has 0 saturated carbocycles. The quantitative estimate of drug-likeness (QED) is 0.663. The van der Waals surface area contributed by atoms with Crippen LogP contribution in [-0.2, 0) is 14.3 Å². The maximum atomic E-state index is 12.2. The first-order valence-electron chi connectivity index (χ1n) is 8.14. The van der Waals surface area contributed by atoms with E-state index in [-0.39, 0.29) is 18.4 Å². The van der Waals surface area contributed by atoms with Gasteiger partial charge in [0, 0.05) is 52.3 Å². The lowest BCUT2D eigenvalue weighted by molar-refractivity contribution is -0.139. The van der Waals surface area contributed by atoms with E-state index in [1.807, 2.05) is 11.8 Å². The molecule has 2 aliphatic rings. The molecule has 7 heteroatoms. The molecule has 2 aliphatic heterocycles. The van der Waals surface area contributed by atoms with Crippen LogP contribution in [0.3, 0.4) is 0 Å². The van der Waals surface area contributed by atoms with E-state index in [0.717, 1.165) is 19.5 Å². The van der Waals surface area contributed by atoms with E-state index in [0.29, 0.717) is 45.8 Å². The minimum absolute atomic E-state index is 0.0322. The number of aliphatic hydroxyl groups excluding tert-OH is 1. The summed E-state index contributed by atoms with van der Waals surface area (Å²) >= 11 is 0. The Morgan fingerprint density at radius 3 is 2.59 bits per heavy atom. The molecule has 0 radical (unpaired) electrons. The molecule has 0 aromatic carbocycles. The van der Waals surface area contributed by atoms with Gasteiger partial charge in [0.2, 0.25) is 11.8 Å². The van der Waals surface area contributed by atoms with E-state index in [1.54, 1.807) is 4.90 Å². The molecule has 0 aromatic heterocycles. The van der Waals surface area contributed by atoms with Crippen molar-refractivity contribution >= 4 is 11.8 Å². The van der Waals surface area contributed by atoms with Crippen molar-refractivity contribution in [3.05, 3.63) is 0 Å². The number of carbonyl (C=O) groups is 2. The minimum atomic E-state index is -0.482. The molecule has 2 heterocycles. The van der Waals surface area contributed by atoms with Crippen LogP contribution in [-0.4, -0.2) is 96.8 Å². The number of aliphatic hydroxyl groups is 1. The first kappa shape index (κ1) is 17.2. The third-order valence-corrected chi connectivity index (χ3v) is 4.21. The van der Waals surface area contributed by atoms with E-state index >= 15 is 0 Å². The summed E-state index contributed by atoms with van der Waals surface area (Å²) in [7, 11) is 0. The highest BCUT2D eigenvalue weighted by Gasteiger charge is 2.27. The lowest BCUT2D eigenvalue weighted by atomic mass is 10.2. The average Bonchev–Trinajstić information content (AvgIpc) is 2.91. The van der Waals surface area contributed by atoms with Crippen molar-refractivity contribution in [2.45, 2.75) is 25.9 Å². The molecule has 2 rings (SSSR count). The summed E-state index contributed by atoms with van der Waals surface area (Å²) in [5, 5.41) is 9.84. The molecular formula is C15H27N3O4. The zero-order chi connectivity index (χ0) is 15.9. The Labute approximate surface area is 131 Å². The molecule has 1 atom stereocenters. The number of hydrogen-bond donors (Lipinski definition) is 1. The van der Waals surface area contributed by atoms with Crippen molar-refractivity contribution in [1.82, 2.24) is 14.7 Å². The van der Waals surface area contributed by atoms with Crippen molar-refractivity contribution < 1.29 is 19.4 Å². The number of piperazine rings is 1. The predicted molar refractivity (Wildman–Crippen MR) is 81.3 cm³/mol. The highest BCUT2D eigenvalue weighted by Crippen LogP contribution is 2.11. The normalized spacial score (nSPS) is 21.5. The fourth-order valence-electron chi connectivity index (χ4n) is 2.92. The molecule has 2 fully saturated rings. The number of rotatable bonds is 7. The fourth-order valence-corrected chi connectivity index (χ4v) is 2.92. The van der Waals surface area contributed by atoms with Gasteiger partial charge in [-0.15, -0.1) is 0 Å². The van der Waals surface area contributed by atoms with Gasteiger partial charge in [0.25, 0.3) is 0 Å². The second-order valence-corrected chi connectivity index (χ2v) is 5.91. The van der Waals surface area contributed by atoms with E-state index in [4.69, 9.17) is 4.74 Å². The fraction of sp³-hybridized carbons (Fsp3) is 0.867. The molecule has 1 N–H and O–H groups in total. The van der Waals surface area contributed by atoms with Crippen molar-refractivity contribution in [1.29, 1.82) is 0 Å². The summed E-state index contributed by atoms with van der Waals surface area (Å²) in [5.74, 6) is 0.121. The number of nitrogens with zero attached hydrogens (tertiary/aromatic N) is 3. The first-order chi connectivity index (χ1) is 10.6. The molecule has 0 spiro atoms. The summed E-state index contributed by atoms with van der Waals surface area (Å²) in [6, 6.07) is 0. The van der Waals surface area contributed by atoms with Crippen LogP contribution >= 0.6 is 0 Å². The SMILES string of the molecule is CCOCC(O)CN1CCN(C(=O)CN2CCCC2=O)CC1. The van der Waals surface area contributed by atoms with E-state index in [9.17, 15) is 14.7 Å². The van der Waals surface area contributed by atoms with Crippen molar-refractivity contribution in [3.63, 3.8) is 0 Å². The number of amides is 2. The van der Waals surface area contributed by atoms with Gasteiger partial charge in [-0.05, 0) is 13.3 Å². The molecule has 2 amide bonds. The molecule has 22 heavy (non-hydrogen) atoms. The standard InChI is InChI=1S/C15H27N3O4/c1-2-22-12-13(19)10-16-6-8-17(9-7-16)15(21)11-18-5-3-4-14(18)20/h13,19H,2-12H2,1H3. The summed E-state index contributed by atoms with van der Waals surface area (Å²) in [6.45, 7) is 7.17. The van der Waals surface area contributed by atoms with Gasteiger partial charge in [-0.2, -0.15) is 0 Å². The number of likely N-dealkylation sites (tertiary alicyclic amines) is 1. The number of ether oxygens (including phenoxy) is 1. The maximum Gasteiger partial charge on any atom is 0.242 e. The van der Waals surface area contributed by atoms with Gasteiger partial charge in [-0.3, -0.25) is 14.5 Å². The lowest BCUT2D eigenvalue weighted by Crippen LogP contribution is -2.52. The third-order valence-electron chi connectivity index (χ3n) is 4.21. The molecule has 2 saturated heterocycles. The van der Waals surface area contributed by atoms with Crippen LogP contribution in [0.15, 0.2) is 0 Å². The van der Waals surface area contributed by atoms with Crippen LogP contribution in [0.4, 0.5) is 0 Å². The Morgan fingerprint density at radius 2 is 2.00 bits per heavy atom. The molecule has 126 valence electrons. The van der Waals surface area contributed by atoms with Gasteiger partial charge in [0.1, 0.15) is 0 Å². The van der Waals surface area contributed by atoms with Gasteiger partial charge in [-0.25, -0.2) is 0 Å². The third kappa shape index (κ3) is 4.93. The lowest BCUT2D eigenvalue weighted by Gasteiger charge is -2.36. The molecule has 0 bridgehead atoms. The molecule has 7 nitrogen and oxygen atoms in total. The Bertz CT molecular complexity index is 383. The van der Waals surface area contributed by atoms with Gasteiger partial charge in [-0.1, -0.05) is 0 Å². The number of carbonyl (C=O) groups excluding carboxylic acids is 2. The Morgan fingerprint density at radius 1 is 1.27 bits per heavy atom. The molecule has 0 aromatic rings. The van der Waals surface area contributed by atoms with E-state index in [1.165, 1.54) is 0 Å². The molecule has 1 unspecified atom stereocenters. The zero-order valence-electron chi connectivity index (χ0n) is 13.4. The number of hydrogen-bond acceptors (Lipinski definition) is 5. The number of β-amino-alcohol motifs (C(OH)–C–C–N with tert-alkyl or cyclic N) is 1. The molecule has 0 aliphatic carbocycles. The summed E-state index contributed by atoms with van der Waals surface area (Å²) < 4.78 is 5.20. The van der Waals surface area contributed by atoms with Crippen molar-refractivity contribution in [2.24, 2.45) is 0 Å². The van der Waals surface area contributed by atoms with Gasteiger partial charge in [0.15, 0.2) is 0 Å². The predicted octanol–water partition coefficient (Wildman–Crippen LogP) is -0.850. The van der Waals surface area contributed by atoms with Crippen LogP contribution in [0.5, 0.6) is 0 Å². The Kier molecular flexibility index (Phi) is 6.60. The summed E-state index contributed by atoms with van der Waals surface area (Å²) in [6.07, 6.45) is 0.945. The first-order valence-corrected chi connectivity index (χ1v) is 8.14. The van der Waals surface area contributed by atoms with E-state index < -0.39 is 6.10 Å². The van der Waals surface area contributed by atoms with Crippen molar-refractivity contribution in [2.75, 3.05) is 59.0 Å². The van der Waals surface area contributed by atoms with Crippen LogP contribution in [0.1, 0.15) is 19.8 Å². The Balaban J connectivity index is 1.67. The second-order valence-electron chi connectivity index (χ2n) is 5.91. The average molecular weight is 313 g/mol. The summed E-state index contributed by atoms with van der Waals surface area (Å²) in [5.41, 5.74) is 0. The Hall–Kier alpha value is -1.18. The van der Waals surface area contributed by atoms with Crippen LogP contribution in [0.2, 0.25) is 0 Å². The van der Waals surface area contributed by atoms with Crippen LogP contribution < -0.4 is 0 Å². The topological polar surface area (TPSA) is 73.3 Å². The van der Waals surface area contributed by atoms with Gasteiger partial charge >= 0.3 is 0 Å². The largest absolute Gasteiger partial charge is 0.389 e. The van der Waals surface area contributed by atoms with Crippen molar-refractivity contribution in [3.8, 4) is 0 Å².